The van der Waals surface area contributed by atoms with Gasteiger partial charge in [0.2, 0.25) is 0 Å². The van der Waals surface area contributed by atoms with Gasteiger partial charge in [0.1, 0.15) is 0 Å². The monoisotopic (exact) mass is 460 g/mol. The normalized spacial score (nSPS) is 23.6. The number of hydrogen-bond donors (Lipinski definition) is 2. The van der Waals surface area contributed by atoms with Gasteiger partial charge in [0.15, 0.2) is 0 Å². The van der Waals surface area contributed by atoms with Crippen molar-refractivity contribution < 1.29 is 35.4 Å². The van der Waals surface area contributed by atoms with Crippen molar-refractivity contribution in [1.82, 2.24) is 0 Å². The summed E-state index contributed by atoms with van der Waals surface area (Å²) in [5, 5.41) is 0.351. The molecule has 0 saturated carbocycles. The Morgan fingerprint density at radius 3 is 1.50 bits per heavy atom. The van der Waals surface area contributed by atoms with Crippen LogP contribution in [-0.2, 0) is 29.7 Å². The van der Waals surface area contributed by atoms with Gasteiger partial charge in [0, 0.05) is 22.0 Å². The molecule has 24 heavy (non-hydrogen) atoms. The molecule has 2 atom stereocenters. The molecular formula is C10H20O8S6. The molecule has 14 heteroatoms. The van der Waals surface area contributed by atoms with Crippen LogP contribution in [0.4, 0.5) is 0 Å². The van der Waals surface area contributed by atoms with E-state index in [1.54, 1.807) is 43.2 Å². The van der Waals surface area contributed by atoms with Gasteiger partial charge in [-0.2, -0.15) is 16.8 Å². The quantitative estimate of drug-likeness (QED) is 0.277. The minimum atomic E-state index is -4.00. The molecule has 0 aliphatic carbocycles. The van der Waals surface area contributed by atoms with Gasteiger partial charge in [-0.1, -0.05) is 43.2 Å². The largest absolute Gasteiger partial charge is 0.379 e. The SMILES string of the molecule is O=S(=O)(O)CCOC[C@H]1CSSC[C@H](COCCS(=O)(=O)O)SS1. The number of ether oxygens (including phenoxy) is 2. The fourth-order valence-corrected chi connectivity index (χ4v) is 8.54. The van der Waals surface area contributed by atoms with E-state index >= 15 is 0 Å². The van der Waals surface area contributed by atoms with Crippen molar-refractivity contribution >= 4 is 63.4 Å². The lowest BCUT2D eigenvalue weighted by atomic mass is 10.5. The number of rotatable bonds is 10. The van der Waals surface area contributed by atoms with E-state index in [1.807, 2.05) is 0 Å². The first-order valence-electron chi connectivity index (χ1n) is 6.78. The van der Waals surface area contributed by atoms with Crippen LogP contribution in [0.5, 0.6) is 0 Å². The summed E-state index contributed by atoms with van der Waals surface area (Å²) in [7, 11) is -1.36. The minimum Gasteiger partial charge on any atom is -0.379 e. The highest BCUT2D eigenvalue weighted by atomic mass is 33.1. The number of hydrogen-bond acceptors (Lipinski definition) is 10. The lowest BCUT2D eigenvalue weighted by Gasteiger charge is -2.23. The third kappa shape index (κ3) is 13.4. The van der Waals surface area contributed by atoms with E-state index in [-0.39, 0.29) is 23.7 Å². The molecule has 0 aromatic heterocycles. The highest BCUT2D eigenvalue weighted by molar-refractivity contribution is 8.80. The topological polar surface area (TPSA) is 127 Å². The Balaban J connectivity index is 2.22. The Morgan fingerprint density at radius 2 is 1.17 bits per heavy atom. The molecule has 0 radical (unpaired) electrons. The van der Waals surface area contributed by atoms with E-state index in [4.69, 9.17) is 18.6 Å². The Kier molecular flexibility index (Phi) is 11.4. The lowest BCUT2D eigenvalue weighted by molar-refractivity contribution is 0.152. The van der Waals surface area contributed by atoms with E-state index in [9.17, 15) is 16.8 Å². The zero-order chi connectivity index (χ0) is 18.1. The van der Waals surface area contributed by atoms with Crippen LogP contribution >= 0.6 is 43.2 Å². The van der Waals surface area contributed by atoms with Crippen molar-refractivity contribution in [2.75, 3.05) is 49.4 Å². The molecule has 0 amide bonds. The first-order chi connectivity index (χ1) is 11.2. The molecule has 0 aromatic rings. The molecule has 8 nitrogen and oxygen atoms in total. The fourth-order valence-electron chi connectivity index (χ4n) is 1.37. The third-order valence-electron chi connectivity index (χ3n) is 2.50. The summed E-state index contributed by atoms with van der Waals surface area (Å²) in [5.74, 6) is 0.877. The Morgan fingerprint density at radius 1 is 0.792 bits per heavy atom. The summed E-state index contributed by atoms with van der Waals surface area (Å²) in [6.07, 6.45) is 0. The minimum absolute atomic E-state index is 0.0411. The van der Waals surface area contributed by atoms with Gasteiger partial charge >= 0.3 is 0 Å². The first-order valence-corrected chi connectivity index (χ1v) is 14.8. The van der Waals surface area contributed by atoms with Crippen LogP contribution < -0.4 is 0 Å². The average Bonchev–Trinajstić information content (AvgIpc) is 2.41. The summed E-state index contributed by atoms with van der Waals surface area (Å²) in [6, 6.07) is 0. The van der Waals surface area contributed by atoms with Gasteiger partial charge in [0.05, 0.1) is 37.9 Å². The van der Waals surface area contributed by atoms with Crippen LogP contribution in [0.25, 0.3) is 0 Å². The van der Waals surface area contributed by atoms with Gasteiger partial charge in [-0.15, -0.1) is 0 Å². The summed E-state index contributed by atoms with van der Waals surface area (Å²) in [5.41, 5.74) is 0. The zero-order valence-electron chi connectivity index (χ0n) is 12.6. The Bertz CT molecular complexity index is 500. The smallest absolute Gasteiger partial charge is 0.267 e. The van der Waals surface area contributed by atoms with Crippen molar-refractivity contribution in [1.29, 1.82) is 0 Å². The van der Waals surface area contributed by atoms with Gasteiger partial charge in [-0.25, -0.2) is 0 Å². The van der Waals surface area contributed by atoms with E-state index < -0.39 is 31.7 Å². The van der Waals surface area contributed by atoms with Crippen LogP contribution in [0.2, 0.25) is 0 Å². The predicted octanol–water partition coefficient (Wildman–Crippen LogP) is 1.31. The molecular weight excluding hydrogens is 441 g/mol. The Labute approximate surface area is 158 Å². The summed E-state index contributed by atoms with van der Waals surface area (Å²) >= 11 is 0. The van der Waals surface area contributed by atoms with Crippen LogP contribution in [0.15, 0.2) is 0 Å². The van der Waals surface area contributed by atoms with Gasteiger partial charge in [-0.05, 0) is 0 Å². The zero-order valence-corrected chi connectivity index (χ0v) is 17.5. The highest BCUT2D eigenvalue weighted by Crippen LogP contribution is 2.41. The van der Waals surface area contributed by atoms with Gasteiger partial charge in [-0.3, -0.25) is 9.11 Å². The summed E-state index contributed by atoms with van der Waals surface area (Å²) < 4.78 is 70.3. The van der Waals surface area contributed by atoms with Crippen molar-refractivity contribution in [2.24, 2.45) is 0 Å². The standard InChI is InChI=1S/C10H20O8S6/c11-23(12,13)3-1-17-5-9-7-19-20-8-10(22-21-9)6-18-2-4-24(14,15)16/h9-10H,1-8H2,(H,11,12,13)(H,14,15,16)/t9-,10-/m0/s1. The first kappa shape index (κ1) is 23.2. The van der Waals surface area contributed by atoms with E-state index in [0.29, 0.717) is 13.2 Å². The second-order valence-electron chi connectivity index (χ2n) is 4.73. The van der Waals surface area contributed by atoms with Crippen molar-refractivity contribution in [3.63, 3.8) is 0 Å². The van der Waals surface area contributed by atoms with Crippen LogP contribution in [0, 0.1) is 0 Å². The molecule has 1 rings (SSSR count). The maximum absolute atomic E-state index is 10.6. The van der Waals surface area contributed by atoms with E-state index in [0.717, 1.165) is 11.5 Å². The third-order valence-corrected chi connectivity index (χ3v) is 10.1. The average molecular weight is 461 g/mol. The lowest BCUT2D eigenvalue weighted by Crippen LogP contribution is -2.22. The molecule has 1 fully saturated rings. The van der Waals surface area contributed by atoms with Crippen molar-refractivity contribution in [3.05, 3.63) is 0 Å². The van der Waals surface area contributed by atoms with Crippen molar-refractivity contribution in [2.45, 2.75) is 10.5 Å². The predicted molar refractivity (Wildman–Crippen MR) is 102 cm³/mol. The molecule has 144 valence electrons. The highest BCUT2D eigenvalue weighted by Gasteiger charge is 2.20. The molecule has 1 aliphatic rings. The van der Waals surface area contributed by atoms with Crippen LogP contribution in [0.3, 0.4) is 0 Å². The molecule has 1 saturated heterocycles. The molecule has 1 heterocycles. The fraction of sp³-hybridized carbons (Fsp3) is 1.00. The van der Waals surface area contributed by atoms with Crippen molar-refractivity contribution in [3.8, 4) is 0 Å². The summed E-state index contributed by atoms with van der Waals surface area (Å²) in [6.45, 7) is 0.690. The van der Waals surface area contributed by atoms with Crippen LogP contribution in [-0.4, -0.2) is 85.9 Å². The molecule has 0 aromatic carbocycles. The van der Waals surface area contributed by atoms with Crippen LogP contribution in [0.1, 0.15) is 0 Å². The van der Waals surface area contributed by atoms with Gasteiger partial charge < -0.3 is 9.47 Å². The molecule has 0 unspecified atom stereocenters. The van der Waals surface area contributed by atoms with E-state index in [2.05, 4.69) is 0 Å². The molecule has 1 aliphatic heterocycles. The maximum Gasteiger partial charge on any atom is 0.267 e. The van der Waals surface area contributed by atoms with Gasteiger partial charge in [0.25, 0.3) is 20.2 Å². The molecule has 0 spiro atoms. The molecule has 0 bridgehead atoms. The summed E-state index contributed by atoms with van der Waals surface area (Å²) in [4.78, 5) is 0. The molecule has 2 N–H and O–H groups in total. The maximum atomic E-state index is 10.6. The second kappa shape index (κ2) is 11.8. The second-order valence-corrected chi connectivity index (χ2v) is 13.3. The Hall–Kier alpha value is 1.14. The van der Waals surface area contributed by atoms with E-state index in [1.165, 1.54) is 0 Å².